The third kappa shape index (κ3) is 1.20. The van der Waals surface area contributed by atoms with Crippen LogP contribution in [0.1, 0.15) is 5.56 Å². The van der Waals surface area contributed by atoms with E-state index < -0.39 is 0 Å². The van der Waals surface area contributed by atoms with E-state index in [0.29, 0.717) is 0 Å². The van der Waals surface area contributed by atoms with Crippen LogP contribution in [-0.4, -0.2) is 4.98 Å². The van der Waals surface area contributed by atoms with Gasteiger partial charge >= 0.3 is 0 Å². The van der Waals surface area contributed by atoms with Crippen molar-refractivity contribution in [3.8, 4) is 0 Å². The molecule has 0 radical (unpaired) electrons. The number of hydrogen-bond acceptors (Lipinski definition) is 2. The van der Waals surface area contributed by atoms with Gasteiger partial charge in [-0.25, -0.2) is 0 Å². The molecule has 0 unspecified atom stereocenters. The fraction of sp³-hybridized carbons (Fsp3) is 0.0625. The monoisotopic (exact) mass is 233 g/mol. The van der Waals surface area contributed by atoms with Crippen molar-refractivity contribution >= 4 is 32.8 Å². The van der Waals surface area contributed by atoms with Crippen molar-refractivity contribution in [2.45, 2.75) is 6.92 Å². The predicted molar refractivity (Wildman–Crippen MR) is 73.8 cm³/mol. The molecule has 0 saturated carbocycles. The molecule has 2 nitrogen and oxygen atoms in total. The summed E-state index contributed by atoms with van der Waals surface area (Å²) < 4.78 is 5.88. The summed E-state index contributed by atoms with van der Waals surface area (Å²) in [6.07, 6.45) is 1.89. The molecular weight excluding hydrogens is 222 g/mol. The topological polar surface area (TPSA) is 26.0 Å². The maximum absolute atomic E-state index is 5.88. The second-order valence-corrected chi connectivity index (χ2v) is 4.62. The van der Waals surface area contributed by atoms with Gasteiger partial charge in [-0.3, -0.25) is 4.98 Å². The van der Waals surface area contributed by atoms with E-state index in [1.54, 1.807) is 0 Å². The summed E-state index contributed by atoms with van der Waals surface area (Å²) in [6, 6.07) is 14.5. The van der Waals surface area contributed by atoms with Crippen LogP contribution in [0.4, 0.5) is 0 Å². The molecule has 2 heteroatoms. The first-order valence-electron chi connectivity index (χ1n) is 5.99. The van der Waals surface area contributed by atoms with Crippen LogP contribution in [0.3, 0.4) is 0 Å². The highest BCUT2D eigenvalue weighted by Crippen LogP contribution is 2.33. The Bertz CT molecular complexity index is 889. The Hall–Kier alpha value is -2.35. The van der Waals surface area contributed by atoms with Gasteiger partial charge in [0.05, 0.1) is 5.39 Å². The normalized spacial score (nSPS) is 11.6. The molecule has 0 amide bonds. The molecule has 2 aromatic carbocycles. The van der Waals surface area contributed by atoms with Crippen molar-refractivity contribution in [3.63, 3.8) is 0 Å². The van der Waals surface area contributed by atoms with Gasteiger partial charge in [0, 0.05) is 6.20 Å². The number of aryl methyl sites for hydroxylation is 1. The molecule has 0 atom stereocenters. The van der Waals surface area contributed by atoms with Crippen LogP contribution in [0.2, 0.25) is 0 Å². The van der Waals surface area contributed by atoms with Gasteiger partial charge in [-0.1, -0.05) is 30.3 Å². The first kappa shape index (κ1) is 9.66. The van der Waals surface area contributed by atoms with Gasteiger partial charge in [-0.15, -0.1) is 0 Å². The van der Waals surface area contributed by atoms with E-state index in [1.165, 1.54) is 10.8 Å². The molecule has 0 aliphatic rings. The van der Waals surface area contributed by atoms with Crippen molar-refractivity contribution in [2.75, 3.05) is 0 Å². The van der Waals surface area contributed by atoms with Crippen LogP contribution >= 0.6 is 0 Å². The van der Waals surface area contributed by atoms with E-state index in [-0.39, 0.29) is 0 Å². The molecule has 0 bridgehead atoms. The van der Waals surface area contributed by atoms with Gasteiger partial charge in [0.25, 0.3) is 0 Å². The molecule has 18 heavy (non-hydrogen) atoms. The van der Waals surface area contributed by atoms with Gasteiger partial charge in [-0.2, -0.15) is 0 Å². The fourth-order valence-electron chi connectivity index (χ4n) is 2.51. The molecule has 4 aromatic rings. The summed E-state index contributed by atoms with van der Waals surface area (Å²) >= 11 is 0. The highest BCUT2D eigenvalue weighted by Gasteiger charge is 2.10. The zero-order valence-corrected chi connectivity index (χ0v) is 9.97. The van der Waals surface area contributed by atoms with Crippen LogP contribution in [-0.2, 0) is 0 Å². The van der Waals surface area contributed by atoms with Crippen molar-refractivity contribution in [3.05, 3.63) is 54.2 Å². The summed E-state index contributed by atoms with van der Waals surface area (Å²) in [5, 5.41) is 3.53. The SMILES string of the molecule is Cc1cnc2c(c1)oc1ccc3ccccc3c12. The zero-order valence-electron chi connectivity index (χ0n) is 9.97. The summed E-state index contributed by atoms with van der Waals surface area (Å²) in [6.45, 7) is 2.03. The second-order valence-electron chi connectivity index (χ2n) is 4.62. The van der Waals surface area contributed by atoms with Crippen LogP contribution in [0, 0.1) is 6.92 Å². The third-order valence-corrected chi connectivity index (χ3v) is 3.34. The lowest BCUT2D eigenvalue weighted by Crippen LogP contribution is -1.78. The van der Waals surface area contributed by atoms with Crippen LogP contribution in [0.5, 0.6) is 0 Å². The van der Waals surface area contributed by atoms with E-state index in [1.807, 2.05) is 31.3 Å². The minimum Gasteiger partial charge on any atom is -0.454 e. The Morgan fingerprint density at radius 1 is 1.00 bits per heavy atom. The quantitative estimate of drug-likeness (QED) is 0.448. The molecule has 2 heterocycles. The zero-order chi connectivity index (χ0) is 12.1. The number of aromatic nitrogens is 1. The number of rotatable bonds is 0. The first-order chi connectivity index (χ1) is 8.83. The van der Waals surface area contributed by atoms with Crippen LogP contribution in [0.15, 0.2) is 53.1 Å². The van der Waals surface area contributed by atoms with E-state index >= 15 is 0 Å². The second kappa shape index (κ2) is 3.33. The average molecular weight is 233 g/mol. The van der Waals surface area contributed by atoms with E-state index in [2.05, 4.69) is 29.2 Å². The first-order valence-corrected chi connectivity index (χ1v) is 5.99. The van der Waals surface area contributed by atoms with Crippen molar-refractivity contribution in [1.29, 1.82) is 0 Å². The highest BCUT2D eigenvalue weighted by atomic mass is 16.3. The highest BCUT2D eigenvalue weighted by molar-refractivity contribution is 6.17. The lowest BCUT2D eigenvalue weighted by Gasteiger charge is -1.98. The average Bonchev–Trinajstić information content (AvgIpc) is 2.76. The minimum atomic E-state index is 0.862. The van der Waals surface area contributed by atoms with Gasteiger partial charge < -0.3 is 4.42 Å². The van der Waals surface area contributed by atoms with Gasteiger partial charge in [0.1, 0.15) is 11.1 Å². The molecule has 2 aromatic heterocycles. The number of nitrogens with zero attached hydrogens (tertiary/aromatic N) is 1. The molecule has 86 valence electrons. The smallest absolute Gasteiger partial charge is 0.154 e. The Kier molecular flexibility index (Phi) is 1.78. The maximum Gasteiger partial charge on any atom is 0.154 e. The maximum atomic E-state index is 5.88. The molecule has 4 rings (SSSR count). The standard InChI is InChI=1S/C16H11NO/c1-10-8-14-16(17-9-10)15-12-5-3-2-4-11(12)6-7-13(15)18-14/h2-9H,1H3. The van der Waals surface area contributed by atoms with Crippen molar-refractivity contribution in [1.82, 2.24) is 4.98 Å². The number of fused-ring (bicyclic) bond motifs is 5. The van der Waals surface area contributed by atoms with Crippen LogP contribution in [0.25, 0.3) is 32.8 Å². The van der Waals surface area contributed by atoms with Gasteiger partial charge in [0.15, 0.2) is 5.58 Å². The molecule has 0 fully saturated rings. The molecular formula is C16H11NO. The summed E-state index contributed by atoms with van der Waals surface area (Å²) in [5.41, 5.74) is 3.83. The van der Waals surface area contributed by atoms with Crippen molar-refractivity contribution < 1.29 is 4.42 Å². The lowest BCUT2D eigenvalue weighted by molar-refractivity contribution is 0.668. The van der Waals surface area contributed by atoms with E-state index in [0.717, 1.165) is 27.6 Å². The number of benzene rings is 2. The Morgan fingerprint density at radius 2 is 1.89 bits per heavy atom. The lowest BCUT2D eigenvalue weighted by atomic mass is 10.1. The van der Waals surface area contributed by atoms with Gasteiger partial charge in [-0.05, 0) is 35.4 Å². The van der Waals surface area contributed by atoms with Crippen LogP contribution < -0.4 is 0 Å². The summed E-state index contributed by atoms with van der Waals surface area (Å²) in [5.74, 6) is 0. The largest absolute Gasteiger partial charge is 0.454 e. The van der Waals surface area contributed by atoms with E-state index in [9.17, 15) is 0 Å². The molecule has 0 saturated heterocycles. The predicted octanol–water partition coefficient (Wildman–Crippen LogP) is 4.44. The number of furan rings is 1. The summed E-state index contributed by atoms with van der Waals surface area (Å²) in [7, 11) is 0. The molecule has 0 spiro atoms. The van der Waals surface area contributed by atoms with Crippen molar-refractivity contribution in [2.24, 2.45) is 0 Å². The molecule has 0 aliphatic heterocycles. The Balaban J connectivity index is 2.33. The number of pyridine rings is 1. The Morgan fingerprint density at radius 3 is 2.83 bits per heavy atom. The Labute approximate surface area is 104 Å². The summed E-state index contributed by atoms with van der Waals surface area (Å²) in [4.78, 5) is 4.53. The minimum absolute atomic E-state index is 0.862. The third-order valence-electron chi connectivity index (χ3n) is 3.34. The van der Waals surface area contributed by atoms with E-state index in [4.69, 9.17) is 4.42 Å². The fourth-order valence-corrected chi connectivity index (χ4v) is 2.51. The number of hydrogen-bond donors (Lipinski definition) is 0. The van der Waals surface area contributed by atoms with Gasteiger partial charge in [0.2, 0.25) is 0 Å². The molecule has 0 N–H and O–H groups in total. The molecule has 0 aliphatic carbocycles.